The van der Waals surface area contributed by atoms with Crippen LogP contribution < -0.4 is 0 Å². The Morgan fingerprint density at radius 2 is 1.22 bits per heavy atom. The van der Waals surface area contributed by atoms with Crippen LogP contribution in [0.3, 0.4) is 0 Å². The predicted octanol–water partition coefficient (Wildman–Crippen LogP) is 3.81. The van der Waals surface area contributed by atoms with Crippen LogP contribution in [0.25, 0.3) is 0 Å². The SMILES string of the molecule is COC(=O)C1CC2C=CC1C2.COC(=O)C1CC2CC(OC)C1C2.COC(=O)C1CC2CC1CC2OC. The summed E-state index contributed by atoms with van der Waals surface area (Å²) in [5.74, 6) is 3.68. The van der Waals surface area contributed by atoms with Crippen LogP contribution in [0.2, 0.25) is 0 Å². The molecule has 8 heteroatoms. The summed E-state index contributed by atoms with van der Waals surface area (Å²) in [7, 11) is 7.91. The number of rotatable bonds is 5. The molecule has 0 N–H and O–H groups in total. The fourth-order valence-corrected chi connectivity index (χ4v) is 8.13. The van der Waals surface area contributed by atoms with E-state index >= 15 is 0 Å². The largest absolute Gasteiger partial charge is 0.469 e. The molecule has 208 valence electrons. The number of fused-ring (bicyclic) bond motifs is 6. The van der Waals surface area contributed by atoms with Crippen LogP contribution in [0.5, 0.6) is 0 Å². The molecule has 6 aliphatic rings. The number of allylic oxidation sites excluding steroid dienone is 2. The van der Waals surface area contributed by atoms with Crippen LogP contribution in [0.1, 0.15) is 51.4 Å². The van der Waals surface area contributed by atoms with Gasteiger partial charge in [0.2, 0.25) is 0 Å². The average molecular weight is 521 g/mol. The van der Waals surface area contributed by atoms with Crippen molar-refractivity contribution in [3.63, 3.8) is 0 Å². The molecule has 0 saturated heterocycles. The number of carbonyl (C=O) groups is 3. The monoisotopic (exact) mass is 520 g/mol. The number of hydrogen-bond donors (Lipinski definition) is 0. The lowest BCUT2D eigenvalue weighted by molar-refractivity contribution is -0.149. The maximum Gasteiger partial charge on any atom is 0.309 e. The van der Waals surface area contributed by atoms with Gasteiger partial charge in [0.25, 0.3) is 0 Å². The second-order valence-electron chi connectivity index (χ2n) is 11.7. The van der Waals surface area contributed by atoms with Crippen LogP contribution in [0.15, 0.2) is 12.2 Å². The van der Waals surface area contributed by atoms with E-state index in [1.165, 1.54) is 27.8 Å². The first-order valence-corrected chi connectivity index (χ1v) is 13.8. The van der Waals surface area contributed by atoms with Crippen LogP contribution in [0, 0.1) is 53.3 Å². The summed E-state index contributed by atoms with van der Waals surface area (Å²) in [4.78, 5) is 33.9. The molecule has 0 radical (unpaired) electrons. The van der Waals surface area contributed by atoms with E-state index in [0.29, 0.717) is 47.7 Å². The third-order valence-corrected chi connectivity index (χ3v) is 9.94. The molecule has 6 aliphatic carbocycles. The Bertz CT molecular complexity index is 855. The zero-order chi connectivity index (χ0) is 26.7. The lowest BCUT2D eigenvalue weighted by Crippen LogP contribution is -2.31. The molecule has 11 unspecified atom stereocenters. The van der Waals surface area contributed by atoms with E-state index in [1.807, 2.05) is 0 Å². The molecule has 0 spiro atoms. The Labute approximate surface area is 220 Å². The third-order valence-electron chi connectivity index (χ3n) is 9.94. The van der Waals surface area contributed by atoms with E-state index < -0.39 is 0 Å². The Morgan fingerprint density at radius 3 is 1.70 bits per heavy atom. The predicted molar refractivity (Wildman–Crippen MR) is 135 cm³/mol. The van der Waals surface area contributed by atoms with E-state index in [1.54, 1.807) is 14.2 Å². The summed E-state index contributed by atoms with van der Waals surface area (Å²) in [5, 5.41) is 0. The molecule has 11 atom stereocenters. The first-order valence-electron chi connectivity index (χ1n) is 13.8. The van der Waals surface area contributed by atoms with E-state index in [4.69, 9.17) is 23.7 Å². The Hall–Kier alpha value is -1.93. The van der Waals surface area contributed by atoms with Gasteiger partial charge in [-0.1, -0.05) is 12.2 Å². The van der Waals surface area contributed by atoms with Gasteiger partial charge in [-0.05, 0) is 86.9 Å². The van der Waals surface area contributed by atoms with Gasteiger partial charge in [0.05, 0.1) is 51.3 Å². The number of esters is 3. The first kappa shape index (κ1) is 28.1. The second-order valence-corrected chi connectivity index (χ2v) is 11.7. The summed E-state index contributed by atoms with van der Waals surface area (Å²) >= 11 is 0. The highest BCUT2D eigenvalue weighted by Gasteiger charge is 2.50. The number of hydrogen-bond acceptors (Lipinski definition) is 8. The van der Waals surface area contributed by atoms with Crippen molar-refractivity contribution in [1.29, 1.82) is 0 Å². The summed E-state index contributed by atoms with van der Waals surface area (Å²) in [6, 6.07) is 0. The van der Waals surface area contributed by atoms with Crippen molar-refractivity contribution in [1.82, 2.24) is 0 Å². The van der Waals surface area contributed by atoms with E-state index in [-0.39, 0.29) is 35.7 Å². The minimum Gasteiger partial charge on any atom is -0.469 e. The fourth-order valence-electron chi connectivity index (χ4n) is 8.13. The summed E-state index contributed by atoms with van der Waals surface area (Å²) < 4.78 is 25.0. The molecule has 0 aromatic carbocycles. The van der Waals surface area contributed by atoms with Gasteiger partial charge in [-0.25, -0.2) is 0 Å². The molecule has 5 saturated carbocycles. The van der Waals surface area contributed by atoms with Gasteiger partial charge in [0.15, 0.2) is 0 Å². The number of methoxy groups -OCH3 is 5. The molecule has 5 fully saturated rings. The zero-order valence-electron chi connectivity index (χ0n) is 22.9. The lowest BCUT2D eigenvalue weighted by atomic mass is 9.87. The normalized spacial score (nSPS) is 41.5. The van der Waals surface area contributed by atoms with Crippen molar-refractivity contribution in [3.05, 3.63) is 12.2 Å². The Morgan fingerprint density at radius 1 is 0.568 bits per heavy atom. The van der Waals surface area contributed by atoms with E-state index in [2.05, 4.69) is 12.2 Å². The Kier molecular flexibility index (Phi) is 9.33. The summed E-state index contributed by atoms with van der Waals surface area (Å²) in [6.07, 6.45) is 13.7. The number of carbonyl (C=O) groups excluding carboxylic acids is 3. The van der Waals surface area contributed by atoms with Gasteiger partial charge in [-0.15, -0.1) is 0 Å². The van der Waals surface area contributed by atoms with Crippen LogP contribution >= 0.6 is 0 Å². The third kappa shape index (κ3) is 5.90. The van der Waals surface area contributed by atoms with Gasteiger partial charge >= 0.3 is 17.9 Å². The van der Waals surface area contributed by atoms with Crippen molar-refractivity contribution < 1.29 is 38.1 Å². The van der Waals surface area contributed by atoms with Crippen molar-refractivity contribution in [2.75, 3.05) is 35.5 Å². The van der Waals surface area contributed by atoms with E-state index in [0.717, 1.165) is 44.9 Å². The smallest absolute Gasteiger partial charge is 0.309 e. The molecule has 0 amide bonds. The molecule has 0 heterocycles. The maximum atomic E-state index is 11.4. The van der Waals surface area contributed by atoms with Crippen molar-refractivity contribution in [2.45, 2.75) is 63.6 Å². The highest BCUT2D eigenvalue weighted by atomic mass is 16.5. The molecule has 0 aromatic rings. The lowest BCUT2D eigenvalue weighted by Gasteiger charge is -2.26. The molecular weight excluding hydrogens is 476 g/mol. The average Bonchev–Trinajstić information content (AvgIpc) is 3.79. The molecule has 37 heavy (non-hydrogen) atoms. The molecule has 8 nitrogen and oxygen atoms in total. The van der Waals surface area contributed by atoms with E-state index in [9.17, 15) is 14.4 Å². The van der Waals surface area contributed by atoms with Crippen molar-refractivity contribution >= 4 is 17.9 Å². The van der Waals surface area contributed by atoms with Gasteiger partial charge in [0, 0.05) is 14.2 Å². The van der Waals surface area contributed by atoms with Gasteiger partial charge in [-0.2, -0.15) is 0 Å². The van der Waals surface area contributed by atoms with Gasteiger partial charge < -0.3 is 23.7 Å². The highest BCUT2D eigenvalue weighted by molar-refractivity contribution is 5.74. The van der Waals surface area contributed by atoms with Crippen molar-refractivity contribution in [3.8, 4) is 0 Å². The van der Waals surface area contributed by atoms with Gasteiger partial charge in [-0.3, -0.25) is 14.4 Å². The van der Waals surface area contributed by atoms with Gasteiger partial charge in [0.1, 0.15) is 0 Å². The van der Waals surface area contributed by atoms with Crippen LogP contribution in [-0.2, 0) is 38.1 Å². The second kappa shape index (κ2) is 12.3. The zero-order valence-corrected chi connectivity index (χ0v) is 22.9. The fraction of sp³-hybridized carbons (Fsp3) is 0.828. The number of ether oxygens (including phenoxy) is 5. The van der Waals surface area contributed by atoms with Crippen molar-refractivity contribution in [2.24, 2.45) is 53.3 Å². The van der Waals surface area contributed by atoms with Crippen LogP contribution in [-0.4, -0.2) is 65.7 Å². The maximum absolute atomic E-state index is 11.4. The molecule has 0 aromatic heterocycles. The minimum absolute atomic E-state index is 0.0259. The topological polar surface area (TPSA) is 97.4 Å². The standard InChI is InChI=1S/2C10H16O3.C9H12O2/c1-12-9-5-6-3-7(9)4-8(6)10(11)13-2;1-12-9-5-6-3-7(9)8(4-6)10(11)13-2;1-11-9(10)8-5-6-2-3-7(8)4-6/h2*6-9H,3-5H2,1-2H3;2-3,6-8H,4-5H2,1H3. The first-order chi connectivity index (χ1) is 17.8. The summed E-state index contributed by atoms with van der Waals surface area (Å²) in [5.41, 5.74) is 0. The minimum atomic E-state index is -0.0470. The molecule has 6 rings (SSSR count). The highest BCUT2D eigenvalue weighted by Crippen LogP contribution is 2.50. The summed E-state index contributed by atoms with van der Waals surface area (Å²) in [6.45, 7) is 0. The quantitative estimate of drug-likeness (QED) is 0.307. The molecule has 0 aliphatic heterocycles. The Balaban J connectivity index is 0.000000130. The molecule has 6 bridgehead atoms. The molecular formula is C29H44O8. The van der Waals surface area contributed by atoms with Crippen LogP contribution in [0.4, 0.5) is 0 Å².